The maximum Gasteiger partial charge on any atom is 0.125 e. The largest absolute Gasteiger partial charge is 0.316 e. The summed E-state index contributed by atoms with van der Waals surface area (Å²) in [6.07, 6.45) is 1.91. The van der Waals surface area contributed by atoms with Crippen LogP contribution in [0.4, 0.5) is 4.39 Å². The summed E-state index contributed by atoms with van der Waals surface area (Å²) in [5.74, 6) is -0.305. The van der Waals surface area contributed by atoms with Gasteiger partial charge in [0.25, 0.3) is 0 Å². The van der Waals surface area contributed by atoms with E-state index in [4.69, 9.17) is 11.6 Å². The molecule has 0 radical (unpaired) electrons. The fraction of sp³-hybridized carbons (Fsp3) is 0.273. The summed E-state index contributed by atoms with van der Waals surface area (Å²) in [5, 5.41) is 3.45. The van der Waals surface area contributed by atoms with Crippen molar-refractivity contribution in [2.45, 2.75) is 6.92 Å². The minimum Gasteiger partial charge on any atom is -0.316 e. The standard InChI is InChI=1S/C11H13ClFN/c1-8(7-14-2)3-9-4-10(12)6-11(13)5-9/h3-6,14H,7H2,1-2H3/b8-3+. The topological polar surface area (TPSA) is 12.0 Å². The predicted octanol–water partition coefficient (Wildman–Crippen LogP) is 3.10. The summed E-state index contributed by atoms with van der Waals surface area (Å²) >= 11 is 5.73. The molecule has 0 saturated carbocycles. The fourth-order valence-corrected chi connectivity index (χ4v) is 1.50. The molecule has 0 atom stereocenters. The summed E-state index contributed by atoms with van der Waals surface area (Å²) in [4.78, 5) is 0. The number of rotatable bonds is 3. The Hall–Kier alpha value is -0.860. The molecule has 0 aromatic heterocycles. The van der Waals surface area contributed by atoms with Crippen molar-refractivity contribution in [3.05, 3.63) is 40.2 Å². The van der Waals surface area contributed by atoms with E-state index >= 15 is 0 Å². The van der Waals surface area contributed by atoms with Gasteiger partial charge in [-0.1, -0.05) is 23.3 Å². The molecule has 0 aliphatic heterocycles. The second-order valence-electron chi connectivity index (χ2n) is 3.22. The molecule has 3 heteroatoms. The van der Waals surface area contributed by atoms with Gasteiger partial charge >= 0.3 is 0 Å². The van der Waals surface area contributed by atoms with E-state index in [2.05, 4.69) is 5.32 Å². The van der Waals surface area contributed by atoms with Crippen molar-refractivity contribution in [3.8, 4) is 0 Å². The minimum atomic E-state index is -0.305. The highest BCUT2D eigenvalue weighted by Crippen LogP contribution is 2.16. The Morgan fingerprint density at radius 2 is 2.21 bits per heavy atom. The van der Waals surface area contributed by atoms with Gasteiger partial charge in [-0.2, -0.15) is 0 Å². The van der Waals surface area contributed by atoms with E-state index < -0.39 is 0 Å². The van der Waals surface area contributed by atoms with Gasteiger partial charge in [-0.15, -0.1) is 0 Å². The normalized spacial score (nSPS) is 11.9. The highest BCUT2D eigenvalue weighted by atomic mass is 35.5. The molecule has 0 heterocycles. The molecule has 14 heavy (non-hydrogen) atoms. The third-order valence-corrected chi connectivity index (χ3v) is 1.97. The first-order valence-corrected chi connectivity index (χ1v) is 4.77. The van der Waals surface area contributed by atoms with E-state index in [1.165, 1.54) is 12.1 Å². The third-order valence-electron chi connectivity index (χ3n) is 1.75. The number of hydrogen-bond donors (Lipinski definition) is 1. The summed E-state index contributed by atoms with van der Waals surface area (Å²) < 4.78 is 12.9. The molecule has 1 aromatic rings. The monoisotopic (exact) mass is 213 g/mol. The van der Waals surface area contributed by atoms with Crippen LogP contribution in [0.15, 0.2) is 23.8 Å². The lowest BCUT2D eigenvalue weighted by Gasteiger charge is -2.01. The quantitative estimate of drug-likeness (QED) is 0.814. The molecule has 1 rings (SSSR count). The van der Waals surface area contributed by atoms with Crippen molar-refractivity contribution in [2.24, 2.45) is 0 Å². The second kappa shape index (κ2) is 5.13. The van der Waals surface area contributed by atoms with Crippen LogP contribution in [-0.4, -0.2) is 13.6 Å². The Balaban J connectivity index is 2.90. The molecule has 0 fully saturated rings. The Kier molecular flexibility index (Phi) is 4.11. The molecule has 0 amide bonds. The Morgan fingerprint density at radius 3 is 2.79 bits per heavy atom. The van der Waals surface area contributed by atoms with Gasteiger partial charge in [0.2, 0.25) is 0 Å². The first-order valence-electron chi connectivity index (χ1n) is 4.39. The summed E-state index contributed by atoms with van der Waals surface area (Å²) in [7, 11) is 1.87. The SMILES string of the molecule is CNC/C(C)=C/c1cc(F)cc(Cl)c1. The molecule has 0 unspecified atom stereocenters. The predicted molar refractivity (Wildman–Crippen MR) is 59.0 cm³/mol. The van der Waals surface area contributed by atoms with Gasteiger partial charge in [0.1, 0.15) is 5.82 Å². The lowest BCUT2D eigenvalue weighted by molar-refractivity contribution is 0.627. The number of halogens is 2. The van der Waals surface area contributed by atoms with E-state index in [-0.39, 0.29) is 5.82 Å². The Bertz CT molecular complexity index is 327. The van der Waals surface area contributed by atoms with E-state index in [1.807, 2.05) is 20.0 Å². The molecular weight excluding hydrogens is 201 g/mol. The summed E-state index contributed by atoms with van der Waals surface area (Å²) in [6.45, 7) is 2.77. The van der Waals surface area contributed by atoms with E-state index in [0.717, 1.165) is 17.7 Å². The third kappa shape index (κ3) is 3.48. The highest BCUT2D eigenvalue weighted by Gasteiger charge is 1.97. The number of hydrogen-bond acceptors (Lipinski definition) is 1. The molecule has 1 nitrogen and oxygen atoms in total. The average Bonchev–Trinajstić information content (AvgIpc) is 2.01. The van der Waals surface area contributed by atoms with Crippen LogP contribution in [-0.2, 0) is 0 Å². The van der Waals surface area contributed by atoms with Crippen molar-refractivity contribution in [2.75, 3.05) is 13.6 Å². The van der Waals surface area contributed by atoms with Crippen LogP contribution in [0, 0.1) is 5.82 Å². The van der Waals surface area contributed by atoms with Crippen LogP contribution in [0.3, 0.4) is 0 Å². The highest BCUT2D eigenvalue weighted by molar-refractivity contribution is 6.30. The number of benzene rings is 1. The Labute approximate surface area is 88.6 Å². The molecule has 0 spiro atoms. The van der Waals surface area contributed by atoms with Crippen LogP contribution in [0.25, 0.3) is 6.08 Å². The zero-order chi connectivity index (χ0) is 10.6. The van der Waals surface area contributed by atoms with E-state index in [9.17, 15) is 4.39 Å². The van der Waals surface area contributed by atoms with Gasteiger partial charge in [0.15, 0.2) is 0 Å². The fourth-order valence-electron chi connectivity index (χ4n) is 1.27. The van der Waals surface area contributed by atoms with Crippen LogP contribution >= 0.6 is 11.6 Å². The molecule has 1 aromatic carbocycles. The Morgan fingerprint density at radius 1 is 1.50 bits per heavy atom. The van der Waals surface area contributed by atoms with Crippen LogP contribution in [0.2, 0.25) is 5.02 Å². The lowest BCUT2D eigenvalue weighted by Crippen LogP contribution is -2.08. The molecular formula is C11H13ClFN. The van der Waals surface area contributed by atoms with E-state index in [1.54, 1.807) is 6.07 Å². The number of nitrogens with one attached hydrogen (secondary N) is 1. The molecule has 0 bridgehead atoms. The summed E-state index contributed by atoms with van der Waals surface area (Å²) in [5.41, 5.74) is 1.93. The van der Waals surface area contributed by atoms with Crippen molar-refractivity contribution < 1.29 is 4.39 Å². The van der Waals surface area contributed by atoms with Gasteiger partial charge in [0, 0.05) is 11.6 Å². The van der Waals surface area contributed by atoms with Crippen molar-refractivity contribution >= 4 is 17.7 Å². The van der Waals surface area contributed by atoms with Gasteiger partial charge < -0.3 is 5.32 Å². The summed E-state index contributed by atoms with van der Waals surface area (Å²) in [6, 6.07) is 4.50. The molecule has 0 saturated heterocycles. The van der Waals surface area contributed by atoms with Gasteiger partial charge in [-0.05, 0) is 37.7 Å². The molecule has 1 N–H and O–H groups in total. The van der Waals surface area contributed by atoms with Crippen LogP contribution < -0.4 is 5.32 Å². The smallest absolute Gasteiger partial charge is 0.125 e. The average molecular weight is 214 g/mol. The van der Waals surface area contributed by atoms with Crippen molar-refractivity contribution in [1.29, 1.82) is 0 Å². The van der Waals surface area contributed by atoms with Gasteiger partial charge in [0.05, 0.1) is 0 Å². The number of likely N-dealkylation sites (N-methyl/N-ethyl adjacent to an activating group) is 1. The van der Waals surface area contributed by atoms with Crippen LogP contribution in [0.1, 0.15) is 12.5 Å². The first kappa shape index (κ1) is 11.2. The van der Waals surface area contributed by atoms with Crippen molar-refractivity contribution in [1.82, 2.24) is 5.32 Å². The minimum absolute atomic E-state index is 0.305. The zero-order valence-corrected chi connectivity index (χ0v) is 9.03. The molecule has 0 aliphatic carbocycles. The van der Waals surface area contributed by atoms with Gasteiger partial charge in [-0.25, -0.2) is 4.39 Å². The lowest BCUT2D eigenvalue weighted by atomic mass is 10.1. The van der Waals surface area contributed by atoms with Crippen molar-refractivity contribution in [3.63, 3.8) is 0 Å². The first-order chi connectivity index (χ1) is 6.61. The maximum atomic E-state index is 12.9. The van der Waals surface area contributed by atoms with Gasteiger partial charge in [-0.3, -0.25) is 0 Å². The maximum absolute atomic E-state index is 12.9. The van der Waals surface area contributed by atoms with E-state index in [0.29, 0.717) is 5.02 Å². The molecule has 0 aliphatic rings. The second-order valence-corrected chi connectivity index (χ2v) is 3.66. The zero-order valence-electron chi connectivity index (χ0n) is 8.27. The van der Waals surface area contributed by atoms with Crippen LogP contribution in [0.5, 0.6) is 0 Å². The molecule has 76 valence electrons.